The highest BCUT2D eigenvalue weighted by atomic mass is 35.5. The third-order valence-electron chi connectivity index (χ3n) is 5.15. The number of carbonyl (C=O) groups is 2. The number of nitrogens with zero attached hydrogens (tertiary/aromatic N) is 1. The Morgan fingerprint density at radius 1 is 1.16 bits per heavy atom. The molecule has 0 radical (unpaired) electrons. The molecule has 2 aliphatic rings. The van der Waals surface area contributed by atoms with Crippen molar-refractivity contribution >= 4 is 34.4 Å². The number of nitrogens with one attached hydrogen (secondary N) is 1. The molecule has 0 unspecified atom stereocenters. The maximum Gasteiger partial charge on any atom is 0.306 e. The Balaban J connectivity index is 1.64. The summed E-state index contributed by atoms with van der Waals surface area (Å²) < 4.78 is 0. The number of rotatable bonds is 4. The zero-order valence-electron chi connectivity index (χ0n) is 13.7. The van der Waals surface area contributed by atoms with Crippen molar-refractivity contribution in [2.45, 2.75) is 44.1 Å². The van der Waals surface area contributed by atoms with Gasteiger partial charge in [-0.15, -0.1) is 0 Å². The first kappa shape index (κ1) is 16.3. The number of amides is 1. The summed E-state index contributed by atoms with van der Waals surface area (Å²) in [4.78, 5) is 28.6. The number of halogens is 1. The van der Waals surface area contributed by atoms with Gasteiger partial charge in [-0.05, 0) is 56.4 Å². The summed E-state index contributed by atoms with van der Waals surface area (Å²) in [6.07, 6.45) is 4.00. The van der Waals surface area contributed by atoms with Crippen LogP contribution in [-0.4, -0.2) is 28.0 Å². The van der Waals surface area contributed by atoms with Crippen molar-refractivity contribution in [2.24, 2.45) is 5.92 Å². The fourth-order valence-corrected chi connectivity index (χ4v) is 3.77. The Bertz CT molecular complexity index is 863. The molecule has 0 aliphatic heterocycles. The van der Waals surface area contributed by atoms with Crippen LogP contribution in [0.4, 0.5) is 0 Å². The molecule has 1 heterocycles. The van der Waals surface area contributed by atoms with Crippen LogP contribution in [0.3, 0.4) is 0 Å². The van der Waals surface area contributed by atoms with E-state index in [1.807, 2.05) is 12.1 Å². The summed E-state index contributed by atoms with van der Waals surface area (Å²) in [7, 11) is 0. The quantitative estimate of drug-likeness (QED) is 0.872. The maximum absolute atomic E-state index is 12.9. The van der Waals surface area contributed by atoms with Crippen LogP contribution in [0, 0.1) is 5.92 Å². The number of hydrogen-bond acceptors (Lipinski definition) is 3. The predicted octanol–water partition coefficient (Wildman–Crippen LogP) is 3.75. The molecule has 2 N–H and O–H groups in total. The number of aromatic nitrogens is 1. The molecule has 0 spiro atoms. The highest BCUT2D eigenvalue weighted by Crippen LogP contribution is 2.40. The minimum Gasteiger partial charge on any atom is -0.481 e. The molecule has 0 saturated heterocycles. The van der Waals surface area contributed by atoms with E-state index in [4.69, 9.17) is 16.7 Å². The minimum atomic E-state index is -0.783. The standard InChI is InChI=1S/C19H19ClN2O3/c20-12-4-6-16-14(8-12)15(9-17(22-16)10-1-2-10)18(23)21-13-5-3-11(7-13)19(24)25/h4,6,8-11,13H,1-3,5,7H2,(H,21,23)(H,24,25)/t11-,13+/m1/s1. The summed E-state index contributed by atoms with van der Waals surface area (Å²) in [5.41, 5.74) is 2.30. The molecule has 0 bridgehead atoms. The SMILES string of the molecule is O=C(N[C@H]1CC[C@@H](C(=O)O)C1)c1cc(C2CC2)nc2ccc(Cl)cc12. The van der Waals surface area contributed by atoms with Gasteiger partial charge in [0.25, 0.3) is 5.91 Å². The lowest BCUT2D eigenvalue weighted by molar-refractivity contribution is -0.141. The fraction of sp³-hybridized carbons (Fsp3) is 0.421. The van der Waals surface area contributed by atoms with Gasteiger partial charge in [0.1, 0.15) is 0 Å². The van der Waals surface area contributed by atoms with Crippen LogP contribution < -0.4 is 5.32 Å². The molecule has 2 saturated carbocycles. The van der Waals surface area contributed by atoms with Crippen LogP contribution in [0.15, 0.2) is 24.3 Å². The molecular formula is C19H19ClN2O3. The van der Waals surface area contributed by atoms with Gasteiger partial charge >= 0.3 is 5.97 Å². The lowest BCUT2D eigenvalue weighted by Gasteiger charge is -2.15. The topological polar surface area (TPSA) is 79.3 Å². The molecular weight excluding hydrogens is 340 g/mol. The highest BCUT2D eigenvalue weighted by molar-refractivity contribution is 6.31. The molecule has 6 heteroatoms. The van der Waals surface area contributed by atoms with Crippen molar-refractivity contribution in [1.29, 1.82) is 0 Å². The summed E-state index contributed by atoms with van der Waals surface area (Å²) in [5.74, 6) is -0.882. The van der Waals surface area contributed by atoms with Crippen LogP contribution in [0.25, 0.3) is 10.9 Å². The largest absolute Gasteiger partial charge is 0.481 e. The van der Waals surface area contributed by atoms with E-state index in [2.05, 4.69) is 10.3 Å². The van der Waals surface area contributed by atoms with E-state index in [1.54, 1.807) is 12.1 Å². The fourth-order valence-electron chi connectivity index (χ4n) is 3.59. The van der Waals surface area contributed by atoms with Gasteiger partial charge < -0.3 is 10.4 Å². The van der Waals surface area contributed by atoms with Crippen molar-refractivity contribution in [3.05, 3.63) is 40.5 Å². The van der Waals surface area contributed by atoms with E-state index >= 15 is 0 Å². The first-order valence-electron chi connectivity index (χ1n) is 8.65. The highest BCUT2D eigenvalue weighted by Gasteiger charge is 2.32. The summed E-state index contributed by atoms with van der Waals surface area (Å²) in [5, 5.41) is 13.4. The molecule has 2 atom stereocenters. The number of carboxylic acids is 1. The van der Waals surface area contributed by atoms with Crippen molar-refractivity contribution in [3.63, 3.8) is 0 Å². The lowest BCUT2D eigenvalue weighted by atomic mass is 10.0. The van der Waals surface area contributed by atoms with Gasteiger partial charge in [-0.1, -0.05) is 11.6 Å². The molecule has 2 aromatic rings. The van der Waals surface area contributed by atoms with Crippen molar-refractivity contribution in [3.8, 4) is 0 Å². The van der Waals surface area contributed by atoms with E-state index in [0.29, 0.717) is 35.8 Å². The van der Waals surface area contributed by atoms with Crippen LogP contribution in [0.1, 0.15) is 54.1 Å². The molecule has 130 valence electrons. The van der Waals surface area contributed by atoms with Gasteiger partial charge in [0.15, 0.2) is 0 Å². The van der Waals surface area contributed by atoms with Gasteiger partial charge in [-0.3, -0.25) is 14.6 Å². The molecule has 5 nitrogen and oxygen atoms in total. The lowest BCUT2D eigenvalue weighted by Crippen LogP contribution is -2.33. The molecule has 25 heavy (non-hydrogen) atoms. The smallest absolute Gasteiger partial charge is 0.306 e. The first-order valence-corrected chi connectivity index (χ1v) is 9.03. The Morgan fingerprint density at radius 3 is 2.64 bits per heavy atom. The number of carbonyl (C=O) groups excluding carboxylic acids is 1. The molecule has 1 aromatic carbocycles. The van der Waals surface area contributed by atoms with Crippen LogP contribution in [0.5, 0.6) is 0 Å². The zero-order chi connectivity index (χ0) is 17.6. The second kappa shape index (κ2) is 6.30. The predicted molar refractivity (Wildman–Crippen MR) is 95.0 cm³/mol. The molecule has 1 amide bonds. The molecule has 2 aliphatic carbocycles. The second-order valence-corrected chi connectivity index (χ2v) is 7.49. The number of pyridine rings is 1. The first-order chi connectivity index (χ1) is 12.0. The number of fused-ring (bicyclic) bond motifs is 1. The third-order valence-corrected chi connectivity index (χ3v) is 5.38. The van der Waals surface area contributed by atoms with Crippen LogP contribution >= 0.6 is 11.6 Å². The van der Waals surface area contributed by atoms with Gasteiger partial charge in [-0.2, -0.15) is 0 Å². The summed E-state index contributed by atoms with van der Waals surface area (Å²) in [6.45, 7) is 0. The number of hydrogen-bond donors (Lipinski definition) is 2. The average Bonchev–Trinajstić information content (AvgIpc) is 3.33. The Labute approximate surface area is 150 Å². The maximum atomic E-state index is 12.9. The molecule has 1 aromatic heterocycles. The second-order valence-electron chi connectivity index (χ2n) is 7.05. The van der Waals surface area contributed by atoms with Crippen LogP contribution in [0.2, 0.25) is 5.02 Å². The Hall–Kier alpha value is -2.14. The van der Waals surface area contributed by atoms with Crippen molar-refractivity contribution in [1.82, 2.24) is 10.3 Å². The zero-order valence-corrected chi connectivity index (χ0v) is 14.4. The van der Waals surface area contributed by atoms with E-state index in [9.17, 15) is 9.59 Å². The van der Waals surface area contributed by atoms with Gasteiger partial charge in [0, 0.05) is 28.1 Å². The van der Waals surface area contributed by atoms with E-state index < -0.39 is 5.97 Å². The average molecular weight is 359 g/mol. The molecule has 4 rings (SSSR count). The van der Waals surface area contributed by atoms with E-state index in [0.717, 1.165) is 29.4 Å². The number of benzene rings is 1. The number of aliphatic carboxylic acids is 1. The number of carboxylic acid groups (broad SMARTS) is 1. The summed E-state index contributed by atoms with van der Waals surface area (Å²) in [6, 6.07) is 7.17. The third kappa shape index (κ3) is 3.33. The van der Waals surface area contributed by atoms with E-state index in [-0.39, 0.29) is 17.9 Å². The Morgan fingerprint density at radius 2 is 1.96 bits per heavy atom. The van der Waals surface area contributed by atoms with Gasteiger partial charge in [0.05, 0.1) is 17.0 Å². The van der Waals surface area contributed by atoms with E-state index in [1.165, 1.54) is 0 Å². The Kier molecular flexibility index (Phi) is 4.12. The molecule has 2 fully saturated rings. The van der Waals surface area contributed by atoms with Crippen molar-refractivity contribution in [2.75, 3.05) is 0 Å². The van der Waals surface area contributed by atoms with Crippen molar-refractivity contribution < 1.29 is 14.7 Å². The normalized spacial score (nSPS) is 22.9. The summed E-state index contributed by atoms with van der Waals surface area (Å²) >= 11 is 6.11. The monoisotopic (exact) mass is 358 g/mol. The van der Waals surface area contributed by atoms with Crippen LogP contribution in [-0.2, 0) is 4.79 Å². The van der Waals surface area contributed by atoms with Gasteiger partial charge in [0.2, 0.25) is 0 Å². The van der Waals surface area contributed by atoms with Gasteiger partial charge in [-0.25, -0.2) is 0 Å². The minimum absolute atomic E-state index is 0.0969.